The second-order valence-electron chi connectivity index (χ2n) is 9.60. The summed E-state index contributed by atoms with van der Waals surface area (Å²) in [6.07, 6.45) is 4.64. The number of hydrogen-bond donors (Lipinski definition) is 3. The molecule has 36 heavy (non-hydrogen) atoms. The molecular formula is C28H27ClN6O. The van der Waals surface area contributed by atoms with Gasteiger partial charge in [0.2, 0.25) is 11.9 Å². The first-order valence-corrected chi connectivity index (χ1v) is 12.2. The van der Waals surface area contributed by atoms with Crippen molar-refractivity contribution < 1.29 is 4.79 Å². The van der Waals surface area contributed by atoms with Crippen molar-refractivity contribution in [1.29, 1.82) is 0 Å². The number of aromatic nitrogens is 3. The van der Waals surface area contributed by atoms with Gasteiger partial charge in [0.25, 0.3) is 0 Å². The number of carbonyl (C=O) groups is 1. The number of nitrogens with zero attached hydrogens (tertiary/aromatic N) is 3. The van der Waals surface area contributed by atoms with Crippen molar-refractivity contribution in [2.75, 3.05) is 16.0 Å². The van der Waals surface area contributed by atoms with Gasteiger partial charge in [0.05, 0.1) is 11.9 Å². The van der Waals surface area contributed by atoms with E-state index in [1.165, 1.54) is 0 Å². The van der Waals surface area contributed by atoms with Crippen molar-refractivity contribution in [3.63, 3.8) is 0 Å². The number of rotatable bonds is 5. The van der Waals surface area contributed by atoms with E-state index in [0.717, 1.165) is 45.9 Å². The Morgan fingerprint density at radius 2 is 1.86 bits per heavy atom. The molecule has 0 fully saturated rings. The first-order chi connectivity index (χ1) is 17.3. The van der Waals surface area contributed by atoms with Crippen LogP contribution in [-0.2, 0) is 10.2 Å². The number of amides is 1. The highest BCUT2D eigenvalue weighted by Crippen LogP contribution is 2.38. The lowest BCUT2D eigenvalue weighted by atomic mass is 9.80. The molecule has 1 aliphatic rings. The molecule has 0 spiro atoms. The van der Waals surface area contributed by atoms with Crippen molar-refractivity contribution in [3.8, 4) is 11.3 Å². The number of carbonyl (C=O) groups excluding carboxylic acids is 1. The maximum Gasteiger partial charge on any atom is 0.229 e. The Bertz CT molecular complexity index is 1450. The molecule has 1 aliphatic heterocycles. The lowest BCUT2D eigenvalue weighted by molar-refractivity contribution is -0.116. The summed E-state index contributed by atoms with van der Waals surface area (Å²) in [6.45, 7) is 6.34. The van der Waals surface area contributed by atoms with Gasteiger partial charge in [-0.2, -0.15) is 4.98 Å². The van der Waals surface area contributed by atoms with Crippen LogP contribution < -0.4 is 16.0 Å². The molecule has 0 aliphatic carbocycles. The number of aryl methyl sites for hydroxylation is 1. The predicted molar refractivity (Wildman–Crippen MR) is 145 cm³/mol. The number of pyridine rings is 1. The van der Waals surface area contributed by atoms with E-state index in [2.05, 4.69) is 44.7 Å². The third-order valence-electron chi connectivity index (χ3n) is 6.37. The molecule has 2 aromatic carbocycles. The fraction of sp³-hybridized carbons (Fsp3) is 0.214. The van der Waals surface area contributed by atoms with Gasteiger partial charge in [0.1, 0.15) is 5.02 Å². The molecule has 0 saturated heterocycles. The summed E-state index contributed by atoms with van der Waals surface area (Å²) >= 11 is 6.47. The smallest absolute Gasteiger partial charge is 0.229 e. The molecule has 3 heterocycles. The number of para-hydroxylation sites is 1. The van der Waals surface area contributed by atoms with Crippen molar-refractivity contribution in [3.05, 3.63) is 83.1 Å². The molecule has 5 rings (SSSR count). The largest absolute Gasteiger partial charge is 0.338 e. The summed E-state index contributed by atoms with van der Waals surface area (Å²) in [7, 11) is 0. The molecule has 182 valence electrons. The number of anilines is 5. The zero-order chi connectivity index (χ0) is 25.3. The van der Waals surface area contributed by atoms with Gasteiger partial charge in [-0.05, 0) is 66.3 Å². The standard InChI is InChI=1S/C28H27ClN6O/c1-17-11-13-30-24(14-17)19-6-4-5-7-22(19)34-26-21(29)16-31-27(35-26)32-18-8-9-23-20(15-18)28(2,3)12-10-25(36)33-23/h4-9,11,13-16H,10,12H2,1-3H3,(H,33,36)(H2,31,32,34,35). The zero-order valence-corrected chi connectivity index (χ0v) is 21.1. The van der Waals surface area contributed by atoms with E-state index in [0.29, 0.717) is 23.2 Å². The third-order valence-corrected chi connectivity index (χ3v) is 6.65. The van der Waals surface area contributed by atoms with Crippen molar-refractivity contribution in [2.45, 2.75) is 39.0 Å². The van der Waals surface area contributed by atoms with Crippen LogP contribution in [-0.4, -0.2) is 20.9 Å². The summed E-state index contributed by atoms with van der Waals surface area (Å²) < 4.78 is 0. The molecule has 3 N–H and O–H groups in total. The minimum Gasteiger partial charge on any atom is -0.338 e. The number of benzene rings is 2. The van der Waals surface area contributed by atoms with Gasteiger partial charge in [0.15, 0.2) is 5.82 Å². The monoisotopic (exact) mass is 498 g/mol. The summed E-state index contributed by atoms with van der Waals surface area (Å²) in [6, 6.07) is 17.8. The Balaban J connectivity index is 1.43. The molecule has 0 saturated carbocycles. The highest BCUT2D eigenvalue weighted by Gasteiger charge is 2.28. The van der Waals surface area contributed by atoms with Gasteiger partial charge in [0, 0.05) is 35.2 Å². The van der Waals surface area contributed by atoms with Crippen LogP contribution in [0, 0.1) is 6.92 Å². The molecule has 4 aromatic rings. The van der Waals surface area contributed by atoms with Crippen LogP contribution in [0.15, 0.2) is 67.0 Å². The van der Waals surface area contributed by atoms with E-state index < -0.39 is 0 Å². The molecule has 8 heteroatoms. The molecular weight excluding hydrogens is 472 g/mol. The lowest BCUT2D eigenvalue weighted by Gasteiger charge is -2.25. The number of fused-ring (bicyclic) bond motifs is 1. The summed E-state index contributed by atoms with van der Waals surface area (Å²) in [5.41, 5.74) is 6.37. The number of hydrogen-bond acceptors (Lipinski definition) is 6. The van der Waals surface area contributed by atoms with Crippen LogP contribution in [0.1, 0.15) is 37.8 Å². The van der Waals surface area contributed by atoms with E-state index in [9.17, 15) is 4.79 Å². The Kier molecular flexibility index (Phi) is 6.33. The highest BCUT2D eigenvalue weighted by atomic mass is 35.5. The van der Waals surface area contributed by atoms with Gasteiger partial charge in [-0.15, -0.1) is 0 Å². The minimum absolute atomic E-state index is 0.0421. The van der Waals surface area contributed by atoms with E-state index in [1.54, 1.807) is 12.4 Å². The minimum atomic E-state index is -0.146. The third kappa shape index (κ3) is 5.02. The Labute approximate surface area is 215 Å². The lowest BCUT2D eigenvalue weighted by Crippen LogP contribution is -2.16. The molecule has 1 amide bonds. The molecule has 2 aromatic heterocycles. The van der Waals surface area contributed by atoms with Crippen molar-refractivity contribution in [1.82, 2.24) is 15.0 Å². The first-order valence-electron chi connectivity index (χ1n) is 11.8. The Hall–Kier alpha value is -3.97. The van der Waals surface area contributed by atoms with Crippen molar-refractivity contribution >= 4 is 46.3 Å². The van der Waals surface area contributed by atoms with Crippen LogP contribution in [0.4, 0.5) is 28.8 Å². The van der Waals surface area contributed by atoms with Gasteiger partial charge in [-0.3, -0.25) is 9.78 Å². The summed E-state index contributed by atoms with van der Waals surface area (Å²) in [5, 5.41) is 10.0. The second kappa shape index (κ2) is 9.59. The van der Waals surface area contributed by atoms with Gasteiger partial charge in [-0.1, -0.05) is 43.6 Å². The number of nitrogens with one attached hydrogen (secondary N) is 3. The van der Waals surface area contributed by atoms with Gasteiger partial charge in [-0.25, -0.2) is 4.98 Å². The summed E-state index contributed by atoms with van der Waals surface area (Å²) in [4.78, 5) is 25.6. The topological polar surface area (TPSA) is 91.8 Å². The molecule has 0 atom stereocenters. The first kappa shape index (κ1) is 23.8. The predicted octanol–water partition coefficient (Wildman–Crippen LogP) is 7.00. The van der Waals surface area contributed by atoms with Gasteiger partial charge >= 0.3 is 0 Å². The Morgan fingerprint density at radius 3 is 2.69 bits per heavy atom. The molecule has 0 unspecified atom stereocenters. The van der Waals surface area contributed by atoms with E-state index in [1.807, 2.05) is 61.5 Å². The summed E-state index contributed by atoms with van der Waals surface area (Å²) in [5.74, 6) is 0.931. The Morgan fingerprint density at radius 1 is 1.03 bits per heavy atom. The SMILES string of the molecule is Cc1ccnc(-c2ccccc2Nc2nc(Nc3ccc4c(c3)C(C)(C)CCC(=O)N4)ncc2Cl)c1. The molecule has 7 nitrogen and oxygen atoms in total. The van der Waals surface area contributed by atoms with E-state index in [-0.39, 0.29) is 11.3 Å². The van der Waals surface area contributed by atoms with Crippen LogP contribution in [0.3, 0.4) is 0 Å². The normalized spacial score (nSPS) is 14.4. The van der Waals surface area contributed by atoms with Crippen LogP contribution in [0.25, 0.3) is 11.3 Å². The number of halogens is 1. The van der Waals surface area contributed by atoms with Gasteiger partial charge < -0.3 is 16.0 Å². The van der Waals surface area contributed by atoms with E-state index >= 15 is 0 Å². The quantitative estimate of drug-likeness (QED) is 0.274. The van der Waals surface area contributed by atoms with Crippen LogP contribution in [0.2, 0.25) is 5.02 Å². The maximum atomic E-state index is 12.1. The molecule has 0 radical (unpaired) electrons. The maximum absolute atomic E-state index is 12.1. The molecule has 0 bridgehead atoms. The highest BCUT2D eigenvalue weighted by molar-refractivity contribution is 6.33. The fourth-order valence-electron chi connectivity index (χ4n) is 4.33. The van der Waals surface area contributed by atoms with E-state index in [4.69, 9.17) is 11.6 Å². The van der Waals surface area contributed by atoms with Crippen LogP contribution in [0.5, 0.6) is 0 Å². The van der Waals surface area contributed by atoms with Crippen molar-refractivity contribution in [2.24, 2.45) is 0 Å². The van der Waals surface area contributed by atoms with Crippen LogP contribution >= 0.6 is 11.6 Å². The zero-order valence-electron chi connectivity index (χ0n) is 20.4. The average molecular weight is 499 g/mol. The second-order valence-corrected chi connectivity index (χ2v) is 10.0. The average Bonchev–Trinajstić information content (AvgIpc) is 2.97. The fourth-order valence-corrected chi connectivity index (χ4v) is 4.47.